The number of aromatic nitrogens is 1. The van der Waals surface area contributed by atoms with Crippen molar-refractivity contribution in [2.45, 2.75) is 31.9 Å². The van der Waals surface area contributed by atoms with Gasteiger partial charge >= 0.3 is 6.18 Å². The van der Waals surface area contributed by atoms with Gasteiger partial charge in [0, 0.05) is 16.8 Å². The molecule has 0 saturated carbocycles. The summed E-state index contributed by atoms with van der Waals surface area (Å²) in [6, 6.07) is 12.0. The van der Waals surface area contributed by atoms with Gasteiger partial charge in [0.2, 0.25) is 0 Å². The Morgan fingerprint density at radius 1 is 0.963 bits per heavy atom. The number of rotatable bonds is 2. The number of pyridine rings is 1. The van der Waals surface area contributed by atoms with Gasteiger partial charge in [-0.25, -0.2) is 0 Å². The van der Waals surface area contributed by atoms with E-state index in [4.69, 9.17) is 4.98 Å². The fourth-order valence-corrected chi connectivity index (χ4v) is 3.57. The standard InChI is InChI=1S/C21H17F3N2O/c22-21(23,24)13-9-11-14(12-10-13)25-20(27)19-15-5-1-3-7-17(15)26-18-8-4-2-6-16(18)19/h1,3,5,7,9-12H,2,4,6,8H2,(H,25,27). The molecule has 0 saturated heterocycles. The number of aryl methyl sites for hydroxylation is 1. The lowest BCUT2D eigenvalue weighted by atomic mass is 9.89. The number of fused-ring (bicyclic) bond motifs is 2. The van der Waals surface area contributed by atoms with Gasteiger partial charge in [-0.15, -0.1) is 0 Å². The third kappa shape index (κ3) is 3.39. The van der Waals surface area contributed by atoms with Crippen molar-refractivity contribution in [3.8, 4) is 0 Å². The first kappa shape index (κ1) is 17.5. The Kier molecular flexibility index (Phi) is 4.34. The number of anilines is 1. The van der Waals surface area contributed by atoms with Crippen molar-refractivity contribution in [3.05, 3.63) is 70.9 Å². The Morgan fingerprint density at radius 2 is 1.67 bits per heavy atom. The van der Waals surface area contributed by atoms with Crippen LogP contribution in [0.1, 0.15) is 40.0 Å². The number of nitrogens with zero attached hydrogens (tertiary/aromatic N) is 1. The highest BCUT2D eigenvalue weighted by Gasteiger charge is 2.30. The molecule has 3 nitrogen and oxygen atoms in total. The molecule has 1 heterocycles. The summed E-state index contributed by atoms with van der Waals surface area (Å²) in [6.07, 6.45) is -0.752. The first-order valence-corrected chi connectivity index (χ1v) is 8.82. The molecule has 27 heavy (non-hydrogen) atoms. The van der Waals surface area contributed by atoms with Crippen molar-refractivity contribution in [1.29, 1.82) is 0 Å². The van der Waals surface area contributed by atoms with Crippen LogP contribution in [0.3, 0.4) is 0 Å². The summed E-state index contributed by atoms with van der Waals surface area (Å²) in [7, 11) is 0. The van der Waals surface area contributed by atoms with Gasteiger partial charge in [-0.3, -0.25) is 9.78 Å². The van der Waals surface area contributed by atoms with Gasteiger partial charge in [0.15, 0.2) is 0 Å². The summed E-state index contributed by atoms with van der Waals surface area (Å²) in [5, 5.41) is 3.51. The van der Waals surface area contributed by atoms with Crippen molar-refractivity contribution in [2.75, 3.05) is 5.32 Å². The van der Waals surface area contributed by atoms with Crippen molar-refractivity contribution < 1.29 is 18.0 Å². The highest BCUT2D eigenvalue weighted by Crippen LogP contribution is 2.31. The topological polar surface area (TPSA) is 42.0 Å². The molecule has 1 aliphatic rings. The first-order chi connectivity index (χ1) is 12.9. The number of halogens is 3. The number of nitrogens with one attached hydrogen (secondary N) is 1. The Morgan fingerprint density at radius 3 is 2.41 bits per heavy atom. The predicted molar refractivity (Wildman–Crippen MR) is 97.8 cm³/mol. The van der Waals surface area contributed by atoms with E-state index in [0.717, 1.165) is 60.0 Å². The molecule has 0 radical (unpaired) electrons. The monoisotopic (exact) mass is 370 g/mol. The molecule has 0 atom stereocenters. The minimum atomic E-state index is -4.40. The fraction of sp³-hybridized carbons (Fsp3) is 0.238. The molecule has 1 aliphatic carbocycles. The minimum absolute atomic E-state index is 0.313. The van der Waals surface area contributed by atoms with E-state index in [9.17, 15) is 18.0 Å². The van der Waals surface area contributed by atoms with Gasteiger partial charge in [0.25, 0.3) is 5.91 Å². The van der Waals surface area contributed by atoms with E-state index in [1.165, 1.54) is 12.1 Å². The largest absolute Gasteiger partial charge is 0.416 e. The van der Waals surface area contributed by atoms with Crippen LogP contribution in [0.15, 0.2) is 48.5 Å². The number of amides is 1. The van der Waals surface area contributed by atoms with Crippen LogP contribution in [0.25, 0.3) is 10.9 Å². The summed E-state index contributed by atoms with van der Waals surface area (Å²) in [5.41, 5.74) is 2.82. The summed E-state index contributed by atoms with van der Waals surface area (Å²) >= 11 is 0. The van der Waals surface area contributed by atoms with E-state index in [2.05, 4.69) is 5.32 Å². The second-order valence-electron chi connectivity index (χ2n) is 6.67. The van der Waals surface area contributed by atoms with Crippen molar-refractivity contribution in [3.63, 3.8) is 0 Å². The molecule has 0 unspecified atom stereocenters. The van der Waals surface area contributed by atoms with Gasteiger partial charge in [0.1, 0.15) is 0 Å². The quantitative estimate of drug-likeness (QED) is 0.658. The molecule has 3 aromatic rings. The zero-order chi connectivity index (χ0) is 19.0. The molecular weight excluding hydrogens is 353 g/mol. The Labute approximate surface area is 154 Å². The molecule has 0 spiro atoms. The normalized spacial score (nSPS) is 14.0. The molecule has 6 heteroatoms. The zero-order valence-corrected chi connectivity index (χ0v) is 14.4. The van der Waals surface area contributed by atoms with Crippen LogP contribution in [-0.4, -0.2) is 10.9 Å². The second-order valence-corrected chi connectivity index (χ2v) is 6.67. The van der Waals surface area contributed by atoms with E-state index in [0.29, 0.717) is 11.3 Å². The molecule has 1 aromatic heterocycles. The Balaban J connectivity index is 1.72. The summed E-state index contributed by atoms with van der Waals surface area (Å²) in [5.74, 6) is -0.313. The fourth-order valence-electron chi connectivity index (χ4n) is 3.57. The average molecular weight is 370 g/mol. The summed E-state index contributed by atoms with van der Waals surface area (Å²) < 4.78 is 38.1. The molecule has 0 aliphatic heterocycles. The lowest BCUT2D eigenvalue weighted by molar-refractivity contribution is -0.137. The van der Waals surface area contributed by atoms with Crippen LogP contribution in [-0.2, 0) is 19.0 Å². The van der Waals surface area contributed by atoms with Gasteiger partial charge in [-0.05, 0) is 61.6 Å². The smallest absolute Gasteiger partial charge is 0.322 e. The third-order valence-corrected chi connectivity index (χ3v) is 4.87. The molecule has 0 bridgehead atoms. The number of para-hydroxylation sites is 1. The Bertz CT molecular complexity index is 1010. The summed E-state index contributed by atoms with van der Waals surface area (Å²) in [6.45, 7) is 0. The molecule has 2 aromatic carbocycles. The lowest BCUT2D eigenvalue weighted by Gasteiger charge is -2.20. The van der Waals surface area contributed by atoms with Crippen LogP contribution >= 0.6 is 0 Å². The van der Waals surface area contributed by atoms with Gasteiger partial charge in [-0.1, -0.05) is 18.2 Å². The van der Waals surface area contributed by atoms with Crippen molar-refractivity contribution in [2.24, 2.45) is 0 Å². The molecule has 0 fully saturated rings. The Hall–Kier alpha value is -2.89. The van der Waals surface area contributed by atoms with Crippen molar-refractivity contribution in [1.82, 2.24) is 4.98 Å². The second kappa shape index (κ2) is 6.68. The molecule has 1 amide bonds. The van der Waals surface area contributed by atoms with Gasteiger partial charge in [0.05, 0.1) is 16.6 Å². The summed E-state index contributed by atoms with van der Waals surface area (Å²) in [4.78, 5) is 17.7. The van der Waals surface area contributed by atoms with Crippen LogP contribution in [0.2, 0.25) is 0 Å². The first-order valence-electron chi connectivity index (χ1n) is 8.82. The number of carbonyl (C=O) groups excluding carboxylic acids is 1. The molecule has 1 N–H and O–H groups in total. The maximum Gasteiger partial charge on any atom is 0.416 e. The number of alkyl halides is 3. The van der Waals surface area contributed by atoms with Crippen LogP contribution in [0.5, 0.6) is 0 Å². The maximum absolute atomic E-state index is 13.0. The van der Waals surface area contributed by atoms with E-state index in [-0.39, 0.29) is 5.91 Å². The van der Waals surface area contributed by atoms with Crippen LogP contribution < -0.4 is 5.32 Å². The minimum Gasteiger partial charge on any atom is -0.322 e. The van der Waals surface area contributed by atoms with E-state index < -0.39 is 11.7 Å². The van der Waals surface area contributed by atoms with Crippen LogP contribution in [0.4, 0.5) is 18.9 Å². The number of hydrogen-bond donors (Lipinski definition) is 1. The molecule has 138 valence electrons. The SMILES string of the molecule is O=C(Nc1ccc(C(F)(F)F)cc1)c1c2c(nc3ccccc13)CCCC2. The van der Waals surface area contributed by atoms with E-state index in [1.54, 1.807) is 0 Å². The third-order valence-electron chi connectivity index (χ3n) is 4.87. The average Bonchev–Trinajstić information content (AvgIpc) is 2.65. The van der Waals surface area contributed by atoms with Gasteiger partial charge < -0.3 is 5.32 Å². The highest BCUT2D eigenvalue weighted by atomic mass is 19.4. The number of benzene rings is 2. The van der Waals surface area contributed by atoms with Gasteiger partial charge in [-0.2, -0.15) is 13.2 Å². The van der Waals surface area contributed by atoms with Crippen LogP contribution in [0, 0.1) is 0 Å². The maximum atomic E-state index is 13.0. The zero-order valence-electron chi connectivity index (χ0n) is 14.4. The van der Waals surface area contributed by atoms with E-state index >= 15 is 0 Å². The number of carbonyl (C=O) groups is 1. The van der Waals surface area contributed by atoms with E-state index in [1.807, 2.05) is 24.3 Å². The predicted octanol–water partition coefficient (Wildman–Crippen LogP) is 5.38. The molecular formula is C21H17F3N2O. The lowest BCUT2D eigenvalue weighted by Crippen LogP contribution is -2.19. The highest BCUT2D eigenvalue weighted by molar-refractivity contribution is 6.13. The number of hydrogen-bond acceptors (Lipinski definition) is 2. The van der Waals surface area contributed by atoms with Crippen molar-refractivity contribution >= 4 is 22.5 Å². The molecule has 4 rings (SSSR count).